The first-order chi connectivity index (χ1) is 23.6. The van der Waals surface area contributed by atoms with Crippen molar-refractivity contribution < 1.29 is 38.0 Å². The fourth-order valence-corrected chi connectivity index (χ4v) is 6.02. The van der Waals surface area contributed by atoms with Crippen LogP contribution in [0, 0.1) is 0 Å². The lowest BCUT2D eigenvalue weighted by molar-refractivity contribution is -0.158. The Balaban J connectivity index is 0.00000351. The maximum atomic E-state index is 14.0. The number of methoxy groups -OCH3 is 6. The van der Waals surface area contributed by atoms with Gasteiger partial charge in [0.15, 0.2) is 28.5 Å². The van der Waals surface area contributed by atoms with Crippen LogP contribution in [0.4, 0.5) is 0 Å². The fourth-order valence-electron chi connectivity index (χ4n) is 6.02. The van der Waals surface area contributed by atoms with E-state index in [1.54, 1.807) is 66.9 Å². The molecular weight excluding hydrogens is 701 g/mol. The zero-order valence-corrected chi connectivity index (χ0v) is 31.2. The van der Waals surface area contributed by atoms with E-state index in [4.69, 9.17) is 34.2 Å². The molecule has 2 aromatic carbocycles. The number of carbonyl (C=O) groups is 2. The molecule has 15 heteroatoms. The molecule has 51 heavy (non-hydrogen) atoms. The fraction of sp³-hybridized carbons (Fsp3) is 0.333. The molecule has 0 saturated carbocycles. The predicted octanol–water partition coefficient (Wildman–Crippen LogP) is 4.79. The van der Waals surface area contributed by atoms with Crippen LogP contribution in [0.25, 0.3) is 22.5 Å². The van der Waals surface area contributed by atoms with Crippen LogP contribution in [0.15, 0.2) is 60.9 Å². The lowest BCUT2D eigenvalue weighted by Gasteiger charge is -2.46. The summed E-state index contributed by atoms with van der Waals surface area (Å²) in [6, 6.07) is 14.7. The van der Waals surface area contributed by atoms with Crippen molar-refractivity contribution in [2.24, 2.45) is 5.73 Å². The first-order valence-electron chi connectivity index (χ1n) is 15.5. The largest absolute Gasteiger partial charge is 0.493 e. The Labute approximate surface area is 309 Å². The highest BCUT2D eigenvalue weighted by Gasteiger charge is 2.50. The molecule has 0 aliphatic carbocycles. The molecule has 13 nitrogen and oxygen atoms in total. The van der Waals surface area contributed by atoms with Crippen LogP contribution < -0.4 is 34.2 Å². The zero-order chi connectivity index (χ0) is 35.3. The number of hydrogen-bond donors (Lipinski definition) is 1. The first-order valence-corrected chi connectivity index (χ1v) is 15.5. The van der Waals surface area contributed by atoms with E-state index < -0.39 is 11.4 Å². The van der Waals surface area contributed by atoms with Gasteiger partial charge in [0.2, 0.25) is 17.4 Å². The number of amides is 2. The van der Waals surface area contributed by atoms with E-state index in [2.05, 4.69) is 9.97 Å². The molecule has 5 rings (SSSR count). The van der Waals surface area contributed by atoms with E-state index >= 15 is 0 Å². The van der Waals surface area contributed by atoms with Gasteiger partial charge >= 0.3 is 0 Å². The van der Waals surface area contributed by atoms with Gasteiger partial charge in [-0.2, -0.15) is 0 Å². The quantitative estimate of drug-likeness (QED) is 0.189. The number of nitrogens with two attached hydrogens (primary N) is 1. The van der Waals surface area contributed by atoms with Gasteiger partial charge in [-0.15, -0.1) is 24.8 Å². The van der Waals surface area contributed by atoms with Gasteiger partial charge in [0.25, 0.3) is 5.91 Å². The van der Waals surface area contributed by atoms with E-state index in [1.807, 2.05) is 53.4 Å². The Kier molecular flexibility index (Phi) is 13.7. The SMILES string of the molecule is COc1cc(-c2cc(CN3CCN(Cc4ccnc(-c5cc(OC)c(OC)c(OC)c5)c4)[C@@](C)(C(N)=O)C3=O)ccn2)cc(OC)c1OC.Cl.Cl. The van der Waals surface area contributed by atoms with Crippen molar-refractivity contribution in [3.05, 3.63) is 72.1 Å². The maximum absolute atomic E-state index is 14.0. The van der Waals surface area contributed by atoms with Gasteiger partial charge in [0, 0.05) is 49.7 Å². The topological polar surface area (TPSA) is 148 Å². The van der Waals surface area contributed by atoms with E-state index in [0.717, 1.165) is 22.3 Å². The molecule has 0 unspecified atom stereocenters. The second kappa shape index (κ2) is 17.3. The molecule has 1 aliphatic rings. The number of nitrogens with zero attached hydrogens (tertiary/aromatic N) is 4. The van der Waals surface area contributed by atoms with Crippen molar-refractivity contribution in [2.45, 2.75) is 25.6 Å². The number of primary amides is 1. The third-order valence-electron chi connectivity index (χ3n) is 8.77. The number of rotatable bonds is 13. The second-order valence-electron chi connectivity index (χ2n) is 11.5. The highest BCUT2D eigenvalue weighted by Crippen LogP contribution is 2.42. The molecule has 2 N–H and O–H groups in total. The number of pyridine rings is 2. The van der Waals surface area contributed by atoms with Gasteiger partial charge in [-0.1, -0.05) is 0 Å². The van der Waals surface area contributed by atoms with Crippen molar-refractivity contribution >= 4 is 36.6 Å². The molecule has 0 radical (unpaired) electrons. The lowest BCUT2D eigenvalue weighted by Crippen LogP contribution is -2.69. The Morgan fingerprint density at radius 2 is 1.10 bits per heavy atom. The number of halogens is 2. The Morgan fingerprint density at radius 3 is 1.47 bits per heavy atom. The smallest absolute Gasteiger partial charge is 0.252 e. The summed E-state index contributed by atoms with van der Waals surface area (Å²) < 4.78 is 32.9. The van der Waals surface area contributed by atoms with Crippen LogP contribution in [-0.4, -0.2) is 92.9 Å². The van der Waals surface area contributed by atoms with Crippen LogP contribution in [0.3, 0.4) is 0 Å². The third kappa shape index (κ3) is 8.01. The standard InChI is InChI=1S/C36H41N5O8.2ClH/c1-36(34(37)42)35(43)40(20-22-8-10-38-26(14-22)24-16-28(44-2)32(48-6)29(17-24)45-3)12-13-41(36)21-23-9-11-39-27(15-23)25-18-30(46-4)33(49-7)31(19-25)47-5;;/h8-11,14-19H,12-13,20-21H2,1-7H3,(H2,37,42);2*1H/t36-;;/m0../s1. The zero-order valence-electron chi connectivity index (χ0n) is 29.6. The summed E-state index contributed by atoms with van der Waals surface area (Å²) in [5.74, 6) is 1.83. The van der Waals surface area contributed by atoms with Crippen LogP contribution in [0.5, 0.6) is 34.5 Å². The van der Waals surface area contributed by atoms with Crippen molar-refractivity contribution in [2.75, 3.05) is 55.7 Å². The van der Waals surface area contributed by atoms with E-state index in [0.29, 0.717) is 65.5 Å². The number of ether oxygens (including phenoxy) is 6. The summed E-state index contributed by atoms with van der Waals surface area (Å²) in [7, 11) is 9.29. The summed E-state index contributed by atoms with van der Waals surface area (Å²) in [5, 5.41) is 0. The van der Waals surface area contributed by atoms with E-state index in [-0.39, 0.29) is 37.3 Å². The average molecular weight is 745 g/mol. The van der Waals surface area contributed by atoms with Crippen molar-refractivity contribution in [1.82, 2.24) is 19.8 Å². The Bertz CT molecular complexity index is 1810. The molecule has 1 fully saturated rings. The van der Waals surface area contributed by atoms with Crippen LogP contribution in [-0.2, 0) is 22.7 Å². The summed E-state index contributed by atoms with van der Waals surface area (Å²) in [4.78, 5) is 39.6. The van der Waals surface area contributed by atoms with Crippen molar-refractivity contribution in [3.8, 4) is 57.0 Å². The third-order valence-corrected chi connectivity index (χ3v) is 8.77. The van der Waals surface area contributed by atoms with Gasteiger partial charge in [-0.25, -0.2) is 0 Å². The Morgan fingerprint density at radius 1 is 0.686 bits per heavy atom. The lowest BCUT2D eigenvalue weighted by atomic mass is 9.92. The molecule has 0 spiro atoms. The predicted molar refractivity (Wildman–Crippen MR) is 197 cm³/mol. The highest BCUT2D eigenvalue weighted by atomic mass is 35.5. The minimum absolute atomic E-state index is 0. The second-order valence-corrected chi connectivity index (χ2v) is 11.5. The number of benzene rings is 2. The molecular formula is C36H43Cl2N5O8. The monoisotopic (exact) mass is 743 g/mol. The molecule has 2 aromatic heterocycles. The first kappa shape index (κ1) is 40.4. The number of aromatic nitrogens is 2. The summed E-state index contributed by atoms with van der Waals surface area (Å²) >= 11 is 0. The number of carbonyl (C=O) groups excluding carboxylic acids is 2. The van der Waals surface area contributed by atoms with Crippen molar-refractivity contribution in [1.29, 1.82) is 0 Å². The molecule has 1 saturated heterocycles. The maximum Gasteiger partial charge on any atom is 0.252 e. The summed E-state index contributed by atoms with van der Waals surface area (Å²) in [6.07, 6.45) is 3.36. The average Bonchev–Trinajstić information content (AvgIpc) is 3.13. The van der Waals surface area contributed by atoms with Crippen LogP contribution >= 0.6 is 24.8 Å². The summed E-state index contributed by atoms with van der Waals surface area (Å²) in [5.41, 5.74) is 8.86. The molecule has 1 aliphatic heterocycles. The van der Waals surface area contributed by atoms with Gasteiger partial charge in [-0.3, -0.25) is 24.5 Å². The summed E-state index contributed by atoms with van der Waals surface area (Å²) in [6.45, 7) is 2.93. The van der Waals surface area contributed by atoms with Gasteiger partial charge < -0.3 is 39.1 Å². The molecule has 1 atom stereocenters. The minimum atomic E-state index is -1.58. The van der Waals surface area contributed by atoms with E-state index in [9.17, 15) is 9.59 Å². The normalized spacial score (nSPS) is 15.6. The van der Waals surface area contributed by atoms with E-state index in [1.165, 1.54) is 0 Å². The minimum Gasteiger partial charge on any atom is -0.493 e. The molecule has 274 valence electrons. The van der Waals surface area contributed by atoms with Crippen molar-refractivity contribution in [3.63, 3.8) is 0 Å². The highest BCUT2D eigenvalue weighted by molar-refractivity contribution is 6.09. The van der Waals surface area contributed by atoms with Gasteiger partial charge in [0.1, 0.15) is 0 Å². The molecule has 0 bridgehead atoms. The van der Waals surface area contributed by atoms with Crippen LogP contribution in [0.2, 0.25) is 0 Å². The van der Waals surface area contributed by atoms with Gasteiger partial charge in [0.05, 0.1) is 54.0 Å². The number of hydrogen-bond acceptors (Lipinski definition) is 11. The number of piperazine rings is 1. The molecule has 2 amide bonds. The van der Waals surface area contributed by atoms with Gasteiger partial charge in [-0.05, 0) is 66.6 Å². The molecule has 4 aromatic rings. The van der Waals surface area contributed by atoms with Crippen LogP contribution in [0.1, 0.15) is 18.1 Å². The molecule has 3 heterocycles. The Hall–Kier alpha value is -4.98.